The lowest BCUT2D eigenvalue weighted by atomic mass is 9.92. The predicted octanol–water partition coefficient (Wildman–Crippen LogP) is 2.94. The Balaban J connectivity index is 1.63. The van der Waals surface area contributed by atoms with E-state index in [1.165, 1.54) is 0 Å². The van der Waals surface area contributed by atoms with Crippen LogP contribution in [-0.2, 0) is 18.3 Å². The lowest BCUT2D eigenvalue weighted by Crippen LogP contribution is -2.32. The molecule has 2 aromatic rings. The van der Waals surface area contributed by atoms with Gasteiger partial charge in [-0.2, -0.15) is 5.10 Å². The topological polar surface area (TPSA) is 65.4 Å². The fourth-order valence-corrected chi connectivity index (χ4v) is 3.46. The van der Waals surface area contributed by atoms with E-state index in [9.17, 15) is 4.79 Å². The Bertz CT molecular complexity index is 788. The Morgan fingerprint density at radius 2 is 2.12 bits per heavy atom. The molecule has 0 saturated carbocycles. The van der Waals surface area contributed by atoms with Gasteiger partial charge in [-0.05, 0) is 29.7 Å². The van der Waals surface area contributed by atoms with Gasteiger partial charge < -0.3 is 14.8 Å². The first-order valence-corrected chi connectivity index (χ1v) is 9.16. The third-order valence-electron chi connectivity index (χ3n) is 4.58. The third-order valence-corrected chi connectivity index (χ3v) is 4.86. The molecule has 0 bridgehead atoms. The zero-order valence-corrected chi connectivity index (χ0v) is 16.0. The van der Waals surface area contributed by atoms with Gasteiger partial charge in [0.1, 0.15) is 13.2 Å². The number of fused-ring (bicyclic) bond motifs is 1. The molecule has 0 spiro atoms. The zero-order chi connectivity index (χ0) is 18.7. The number of hydrogen-bond donors (Lipinski definition) is 1. The summed E-state index contributed by atoms with van der Waals surface area (Å²) in [7, 11) is 1.92. The minimum atomic E-state index is -0.0504. The van der Waals surface area contributed by atoms with E-state index in [0.717, 1.165) is 11.3 Å². The van der Waals surface area contributed by atoms with Gasteiger partial charge in [-0.1, -0.05) is 25.4 Å². The molecule has 0 unspecified atom stereocenters. The van der Waals surface area contributed by atoms with E-state index < -0.39 is 0 Å². The van der Waals surface area contributed by atoms with Gasteiger partial charge >= 0.3 is 0 Å². The summed E-state index contributed by atoms with van der Waals surface area (Å²) in [5, 5.41) is 7.73. The molecule has 1 N–H and O–H groups in total. The quantitative estimate of drug-likeness (QED) is 0.840. The number of carbonyl (C=O) groups is 1. The number of benzene rings is 1. The number of aromatic nitrogens is 2. The highest BCUT2D eigenvalue weighted by molar-refractivity contribution is 6.32. The SMILES string of the molecule is CC(C)[C@H](CNC(=O)Cc1cc(Cl)c2c(c1)OCCO2)c1ccnn1C. The van der Waals surface area contributed by atoms with Crippen molar-refractivity contribution in [2.45, 2.75) is 26.2 Å². The maximum atomic E-state index is 12.4. The Hall–Kier alpha value is -2.21. The first kappa shape index (κ1) is 18.6. The van der Waals surface area contributed by atoms with Gasteiger partial charge in [0.05, 0.1) is 11.4 Å². The number of ether oxygens (including phenoxy) is 2. The van der Waals surface area contributed by atoms with Crippen molar-refractivity contribution in [2.24, 2.45) is 13.0 Å². The summed E-state index contributed by atoms with van der Waals surface area (Å²) in [6, 6.07) is 5.58. The highest BCUT2D eigenvalue weighted by atomic mass is 35.5. The van der Waals surface area contributed by atoms with Gasteiger partial charge in [-0.3, -0.25) is 9.48 Å². The number of carbonyl (C=O) groups excluding carboxylic acids is 1. The molecule has 6 nitrogen and oxygen atoms in total. The summed E-state index contributed by atoms with van der Waals surface area (Å²) in [4.78, 5) is 12.4. The van der Waals surface area contributed by atoms with Crippen LogP contribution in [0.15, 0.2) is 24.4 Å². The van der Waals surface area contributed by atoms with Gasteiger partial charge in [0.15, 0.2) is 11.5 Å². The van der Waals surface area contributed by atoms with Gasteiger partial charge in [-0.15, -0.1) is 0 Å². The van der Waals surface area contributed by atoms with Gasteiger partial charge in [0.25, 0.3) is 0 Å². The molecule has 0 aliphatic carbocycles. The van der Waals surface area contributed by atoms with E-state index in [1.54, 1.807) is 12.3 Å². The average Bonchev–Trinajstić information content (AvgIpc) is 3.01. The number of rotatable bonds is 6. The second-order valence-electron chi connectivity index (χ2n) is 6.81. The first-order valence-electron chi connectivity index (χ1n) is 8.78. The maximum Gasteiger partial charge on any atom is 0.224 e. The molecule has 0 radical (unpaired) electrons. The molecule has 2 heterocycles. The van der Waals surface area contributed by atoms with Gasteiger partial charge in [0, 0.05) is 31.4 Å². The van der Waals surface area contributed by atoms with Crippen molar-refractivity contribution in [3.05, 3.63) is 40.7 Å². The van der Waals surface area contributed by atoms with Crippen LogP contribution in [0, 0.1) is 5.92 Å². The van der Waals surface area contributed by atoms with Crippen molar-refractivity contribution < 1.29 is 14.3 Å². The van der Waals surface area contributed by atoms with Crippen LogP contribution in [0.1, 0.15) is 31.0 Å². The van der Waals surface area contributed by atoms with Crippen LogP contribution >= 0.6 is 11.6 Å². The predicted molar refractivity (Wildman–Crippen MR) is 99.9 cm³/mol. The van der Waals surface area contributed by atoms with Gasteiger partial charge in [0.2, 0.25) is 5.91 Å². The summed E-state index contributed by atoms with van der Waals surface area (Å²) < 4.78 is 12.9. The molecule has 7 heteroatoms. The Kier molecular flexibility index (Phi) is 5.71. The summed E-state index contributed by atoms with van der Waals surface area (Å²) in [5.41, 5.74) is 1.92. The lowest BCUT2D eigenvalue weighted by Gasteiger charge is -2.22. The molecule has 1 atom stereocenters. The summed E-state index contributed by atoms with van der Waals surface area (Å²) in [5.74, 6) is 1.69. The van der Waals surface area contributed by atoms with E-state index in [2.05, 4.69) is 24.3 Å². The molecule has 1 aliphatic heterocycles. The average molecular weight is 378 g/mol. The van der Waals surface area contributed by atoms with E-state index in [0.29, 0.717) is 42.2 Å². The standard InChI is InChI=1S/C19H24ClN3O3/c1-12(2)14(16-4-5-22-23(16)3)11-21-18(24)10-13-8-15(20)19-17(9-13)25-6-7-26-19/h4-5,8-9,12,14H,6-7,10-11H2,1-3H3,(H,21,24)/t14-/m0/s1. The van der Waals surface area contributed by atoms with Crippen LogP contribution in [0.3, 0.4) is 0 Å². The zero-order valence-electron chi connectivity index (χ0n) is 15.3. The summed E-state index contributed by atoms with van der Waals surface area (Å²) in [6.07, 6.45) is 2.02. The number of hydrogen-bond acceptors (Lipinski definition) is 4. The van der Waals surface area contributed by atoms with Crippen molar-refractivity contribution in [1.82, 2.24) is 15.1 Å². The highest BCUT2D eigenvalue weighted by Crippen LogP contribution is 2.38. The molecule has 140 valence electrons. The van der Waals surface area contributed by atoms with Crippen LogP contribution in [0.25, 0.3) is 0 Å². The molecule has 0 fully saturated rings. The molecular weight excluding hydrogens is 354 g/mol. The number of aryl methyl sites for hydroxylation is 1. The van der Waals surface area contributed by atoms with E-state index >= 15 is 0 Å². The van der Waals surface area contributed by atoms with E-state index in [1.807, 2.05) is 23.9 Å². The number of halogens is 1. The number of amides is 1. The lowest BCUT2D eigenvalue weighted by molar-refractivity contribution is -0.120. The van der Waals surface area contributed by atoms with Gasteiger partial charge in [-0.25, -0.2) is 0 Å². The molecule has 26 heavy (non-hydrogen) atoms. The second-order valence-corrected chi connectivity index (χ2v) is 7.22. The molecule has 0 saturated heterocycles. The van der Waals surface area contributed by atoms with Crippen LogP contribution < -0.4 is 14.8 Å². The Morgan fingerprint density at radius 3 is 2.81 bits per heavy atom. The van der Waals surface area contributed by atoms with Crippen LogP contribution in [-0.4, -0.2) is 35.4 Å². The van der Waals surface area contributed by atoms with Crippen LogP contribution in [0.2, 0.25) is 5.02 Å². The smallest absolute Gasteiger partial charge is 0.224 e. The maximum absolute atomic E-state index is 12.4. The second kappa shape index (κ2) is 7.99. The Morgan fingerprint density at radius 1 is 1.35 bits per heavy atom. The minimum absolute atomic E-state index is 0.0504. The molecule has 1 aromatic heterocycles. The molecule has 1 aliphatic rings. The monoisotopic (exact) mass is 377 g/mol. The number of nitrogens with zero attached hydrogens (tertiary/aromatic N) is 2. The fraction of sp³-hybridized carbons (Fsp3) is 0.474. The van der Waals surface area contributed by atoms with Crippen molar-refractivity contribution in [3.63, 3.8) is 0 Å². The molecule has 1 aromatic carbocycles. The minimum Gasteiger partial charge on any atom is -0.486 e. The third kappa shape index (κ3) is 4.12. The summed E-state index contributed by atoms with van der Waals surface area (Å²) >= 11 is 6.24. The molecule has 1 amide bonds. The van der Waals surface area contributed by atoms with Crippen LogP contribution in [0.5, 0.6) is 11.5 Å². The largest absolute Gasteiger partial charge is 0.486 e. The molecule has 3 rings (SSSR count). The van der Waals surface area contributed by atoms with Crippen molar-refractivity contribution >= 4 is 17.5 Å². The van der Waals surface area contributed by atoms with E-state index in [4.69, 9.17) is 21.1 Å². The van der Waals surface area contributed by atoms with Crippen molar-refractivity contribution in [3.8, 4) is 11.5 Å². The highest BCUT2D eigenvalue weighted by Gasteiger charge is 2.21. The summed E-state index contributed by atoms with van der Waals surface area (Å²) in [6.45, 7) is 5.82. The normalized spacial score (nSPS) is 14.3. The van der Waals surface area contributed by atoms with E-state index in [-0.39, 0.29) is 18.2 Å². The van der Waals surface area contributed by atoms with Crippen LogP contribution in [0.4, 0.5) is 0 Å². The van der Waals surface area contributed by atoms with Crippen molar-refractivity contribution in [1.29, 1.82) is 0 Å². The fourth-order valence-electron chi connectivity index (χ4n) is 3.17. The number of nitrogens with one attached hydrogen (secondary N) is 1. The first-order chi connectivity index (χ1) is 12.5. The van der Waals surface area contributed by atoms with Crippen molar-refractivity contribution in [2.75, 3.05) is 19.8 Å². The Labute approximate surface area is 158 Å². The molecular formula is C19H24ClN3O3.